The molecule has 0 aliphatic carbocycles. The Labute approximate surface area is 318 Å². The first-order valence-electron chi connectivity index (χ1n) is 18.1. The zero-order valence-electron chi connectivity index (χ0n) is 29.9. The number of para-hydroxylation sites is 3. The van der Waals surface area contributed by atoms with E-state index in [9.17, 15) is 19.5 Å². The molecule has 3 amide bonds. The number of fused-ring (bicyclic) bond motifs is 2. The SMILES string of the molecule is O=C(O)NC[C@@H]1Cc2ccccc2CN1C(=O)c1ccccc1-n1cc(C(=O)N(c2ccccc2)c2ccccc2)c2ccc(OCc3ccccc3)cc21. The molecule has 0 saturated carbocycles. The molecule has 7 aromatic rings. The number of carbonyl (C=O) groups excluding carboxylic acids is 2. The summed E-state index contributed by atoms with van der Waals surface area (Å²) in [7, 11) is 0. The molecule has 0 radical (unpaired) electrons. The molecule has 2 N–H and O–H groups in total. The highest BCUT2D eigenvalue weighted by Crippen LogP contribution is 2.35. The molecule has 0 bridgehead atoms. The van der Waals surface area contributed by atoms with Crippen LogP contribution in [0.3, 0.4) is 0 Å². The second-order valence-corrected chi connectivity index (χ2v) is 13.4. The lowest BCUT2D eigenvalue weighted by atomic mass is 9.93. The Hall–Kier alpha value is -7.13. The molecular formula is C46H38N4O5. The minimum atomic E-state index is -1.15. The summed E-state index contributed by atoms with van der Waals surface area (Å²) >= 11 is 0. The Bertz CT molecular complexity index is 2440. The van der Waals surface area contributed by atoms with Gasteiger partial charge in [-0.1, -0.05) is 103 Å². The number of carboxylic acid groups (broad SMARTS) is 1. The number of hydrogen-bond acceptors (Lipinski definition) is 4. The number of carbonyl (C=O) groups is 3. The minimum Gasteiger partial charge on any atom is -0.489 e. The van der Waals surface area contributed by atoms with Crippen LogP contribution in [0.5, 0.6) is 5.75 Å². The number of amides is 3. The van der Waals surface area contributed by atoms with Gasteiger partial charge in [0.2, 0.25) is 0 Å². The van der Waals surface area contributed by atoms with Crippen molar-refractivity contribution in [2.24, 2.45) is 0 Å². The van der Waals surface area contributed by atoms with Gasteiger partial charge in [0, 0.05) is 42.1 Å². The van der Waals surface area contributed by atoms with E-state index < -0.39 is 12.1 Å². The molecule has 1 aliphatic rings. The predicted molar refractivity (Wildman–Crippen MR) is 213 cm³/mol. The van der Waals surface area contributed by atoms with Crippen molar-refractivity contribution in [3.63, 3.8) is 0 Å². The van der Waals surface area contributed by atoms with Crippen LogP contribution in [0.1, 0.15) is 37.4 Å². The number of nitrogens with zero attached hydrogens (tertiary/aromatic N) is 3. The molecule has 1 aromatic heterocycles. The van der Waals surface area contributed by atoms with Crippen LogP contribution in [-0.4, -0.2) is 45.1 Å². The van der Waals surface area contributed by atoms with E-state index in [1.165, 1.54) is 0 Å². The van der Waals surface area contributed by atoms with Crippen LogP contribution in [0.25, 0.3) is 16.6 Å². The summed E-state index contributed by atoms with van der Waals surface area (Å²) in [4.78, 5) is 44.7. The summed E-state index contributed by atoms with van der Waals surface area (Å²) in [5, 5.41) is 12.7. The average Bonchev–Trinajstić information content (AvgIpc) is 3.61. The molecule has 272 valence electrons. The Balaban J connectivity index is 1.25. The van der Waals surface area contributed by atoms with Crippen LogP contribution < -0.4 is 15.0 Å². The highest BCUT2D eigenvalue weighted by atomic mass is 16.5. The molecule has 9 nitrogen and oxygen atoms in total. The third-order valence-electron chi connectivity index (χ3n) is 9.99. The van der Waals surface area contributed by atoms with E-state index in [1.807, 2.05) is 156 Å². The first-order chi connectivity index (χ1) is 26.9. The maximum atomic E-state index is 14.9. The first-order valence-corrected chi connectivity index (χ1v) is 18.1. The average molecular weight is 727 g/mol. The number of rotatable bonds is 10. The van der Waals surface area contributed by atoms with Crippen molar-refractivity contribution in [2.75, 3.05) is 11.4 Å². The maximum Gasteiger partial charge on any atom is 0.404 e. The van der Waals surface area contributed by atoms with Crippen molar-refractivity contribution in [1.82, 2.24) is 14.8 Å². The summed E-state index contributed by atoms with van der Waals surface area (Å²) in [6, 6.07) is 49.4. The Morgan fingerprint density at radius 1 is 0.709 bits per heavy atom. The van der Waals surface area contributed by atoms with Gasteiger partial charge in [0.1, 0.15) is 12.4 Å². The highest BCUT2D eigenvalue weighted by molar-refractivity contribution is 6.18. The smallest absolute Gasteiger partial charge is 0.404 e. The Morgan fingerprint density at radius 2 is 1.33 bits per heavy atom. The number of nitrogens with one attached hydrogen (secondary N) is 1. The van der Waals surface area contributed by atoms with Crippen molar-refractivity contribution in [3.05, 3.63) is 192 Å². The van der Waals surface area contributed by atoms with Gasteiger partial charge in [0.05, 0.1) is 28.4 Å². The van der Waals surface area contributed by atoms with E-state index >= 15 is 0 Å². The fourth-order valence-corrected chi connectivity index (χ4v) is 7.30. The lowest BCUT2D eigenvalue weighted by molar-refractivity contribution is 0.0637. The standard InChI is InChI=1S/C46H38N4O5/c51-44(48-29-34-17-11-10-16-33(34)26-37(48)28-47-46(53)54)40-22-12-13-23-42(40)49-30-41(39-25-24-38(27-43(39)49)55-31-32-14-4-1-5-15-32)45(52)50(35-18-6-2-7-19-35)36-20-8-3-9-21-36/h1-25,27,30,37,47H,26,28-29,31H2,(H,53,54)/t37-/m0/s1. The molecule has 6 aromatic carbocycles. The van der Waals surface area contributed by atoms with Gasteiger partial charge in [-0.15, -0.1) is 0 Å². The third kappa shape index (κ3) is 7.28. The highest BCUT2D eigenvalue weighted by Gasteiger charge is 2.33. The molecule has 0 saturated heterocycles. The van der Waals surface area contributed by atoms with Gasteiger partial charge in [-0.25, -0.2) is 4.79 Å². The van der Waals surface area contributed by atoms with Crippen molar-refractivity contribution >= 4 is 40.2 Å². The second kappa shape index (κ2) is 15.5. The molecule has 0 spiro atoms. The lowest BCUT2D eigenvalue weighted by Crippen LogP contribution is -2.50. The molecule has 1 atom stereocenters. The molecule has 0 unspecified atom stereocenters. The minimum absolute atomic E-state index is 0.0829. The van der Waals surface area contributed by atoms with E-state index in [-0.39, 0.29) is 18.4 Å². The van der Waals surface area contributed by atoms with Gasteiger partial charge in [0.15, 0.2) is 0 Å². The topological polar surface area (TPSA) is 104 Å². The summed E-state index contributed by atoms with van der Waals surface area (Å²) in [6.07, 6.45) is 1.16. The van der Waals surface area contributed by atoms with Gasteiger partial charge >= 0.3 is 6.09 Å². The van der Waals surface area contributed by atoms with Crippen LogP contribution in [-0.2, 0) is 19.6 Å². The number of ether oxygens (including phenoxy) is 1. The second-order valence-electron chi connectivity index (χ2n) is 13.4. The van der Waals surface area contributed by atoms with Crippen LogP contribution in [0, 0.1) is 0 Å². The molecule has 2 heterocycles. The van der Waals surface area contributed by atoms with E-state index in [0.717, 1.165) is 16.7 Å². The fourth-order valence-electron chi connectivity index (χ4n) is 7.30. The Kier molecular flexibility index (Phi) is 9.82. The summed E-state index contributed by atoms with van der Waals surface area (Å²) in [5.41, 5.74) is 6.65. The number of anilines is 2. The van der Waals surface area contributed by atoms with Crippen LogP contribution in [0.4, 0.5) is 16.2 Å². The molecule has 0 fully saturated rings. The first kappa shape index (κ1) is 34.9. The third-order valence-corrected chi connectivity index (χ3v) is 9.99. The molecule has 8 rings (SSSR count). The van der Waals surface area contributed by atoms with Crippen LogP contribution in [0.15, 0.2) is 164 Å². The Morgan fingerprint density at radius 3 is 2.02 bits per heavy atom. The molecular weight excluding hydrogens is 689 g/mol. The molecule has 9 heteroatoms. The summed E-state index contributed by atoms with van der Waals surface area (Å²) < 4.78 is 8.17. The van der Waals surface area contributed by atoms with Crippen molar-refractivity contribution in [1.29, 1.82) is 0 Å². The van der Waals surface area contributed by atoms with Crippen molar-refractivity contribution in [3.8, 4) is 11.4 Å². The van der Waals surface area contributed by atoms with Crippen LogP contribution >= 0.6 is 0 Å². The van der Waals surface area contributed by atoms with E-state index in [1.54, 1.807) is 22.1 Å². The molecule has 1 aliphatic heterocycles. The number of hydrogen-bond donors (Lipinski definition) is 2. The van der Waals surface area contributed by atoms with E-state index in [2.05, 4.69) is 5.32 Å². The monoisotopic (exact) mass is 726 g/mol. The van der Waals surface area contributed by atoms with E-state index in [4.69, 9.17) is 4.74 Å². The lowest BCUT2D eigenvalue weighted by Gasteiger charge is -2.37. The largest absolute Gasteiger partial charge is 0.489 e. The van der Waals surface area contributed by atoms with Gasteiger partial charge in [-0.2, -0.15) is 0 Å². The van der Waals surface area contributed by atoms with Gasteiger partial charge in [-0.3, -0.25) is 14.5 Å². The maximum absolute atomic E-state index is 14.9. The van der Waals surface area contributed by atoms with Crippen molar-refractivity contribution in [2.45, 2.75) is 25.6 Å². The van der Waals surface area contributed by atoms with Crippen LogP contribution in [0.2, 0.25) is 0 Å². The number of aromatic nitrogens is 1. The van der Waals surface area contributed by atoms with Crippen molar-refractivity contribution < 1.29 is 24.2 Å². The van der Waals surface area contributed by atoms with E-state index in [0.29, 0.717) is 64.4 Å². The zero-order valence-corrected chi connectivity index (χ0v) is 29.9. The fraction of sp³-hybridized carbons (Fsp3) is 0.109. The summed E-state index contributed by atoms with van der Waals surface area (Å²) in [6.45, 7) is 0.761. The predicted octanol–water partition coefficient (Wildman–Crippen LogP) is 9.02. The summed E-state index contributed by atoms with van der Waals surface area (Å²) in [5.74, 6) is 0.119. The quantitative estimate of drug-likeness (QED) is 0.146. The van der Waals surface area contributed by atoms with Gasteiger partial charge in [0.25, 0.3) is 11.8 Å². The van der Waals surface area contributed by atoms with Gasteiger partial charge in [-0.05, 0) is 71.6 Å². The number of benzene rings is 6. The zero-order chi connectivity index (χ0) is 37.7. The van der Waals surface area contributed by atoms with Gasteiger partial charge < -0.3 is 24.6 Å². The normalized spacial score (nSPS) is 13.5. The molecule has 55 heavy (non-hydrogen) atoms.